The molecule has 2 aromatic heterocycles. The molecule has 7 aromatic rings. The number of hydrogen-bond donors (Lipinski definition) is 0. The lowest BCUT2D eigenvalue weighted by molar-refractivity contribution is 0.669. The summed E-state index contributed by atoms with van der Waals surface area (Å²) in [7, 11) is 0. The first-order valence-corrected chi connectivity index (χ1v) is 12.4. The van der Waals surface area contributed by atoms with Crippen LogP contribution in [0.3, 0.4) is 0 Å². The molecule has 166 valence electrons. The number of nitrogens with zero attached hydrogens (tertiary/aromatic N) is 1. The van der Waals surface area contributed by atoms with Gasteiger partial charge in [0.15, 0.2) is 0 Å². The third-order valence-electron chi connectivity index (χ3n) is 7.51. The van der Waals surface area contributed by atoms with Crippen LogP contribution >= 0.6 is 11.6 Å². The van der Waals surface area contributed by atoms with E-state index in [0.717, 1.165) is 40.5 Å². The Morgan fingerprint density at radius 3 is 2.57 bits per heavy atom. The number of furan rings is 1. The molecule has 0 aliphatic heterocycles. The molecule has 0 N–H and O–H groups in total. The Bertz CT molecular complexity index is 2020. The molecule has 5 aromatic carbocycles. The molecule has 0 saturated heterocycles. The van der Waals surface area contributed by atoms with Crippen molar-refractivity contribution in [2.45, 2.75) is 12.8 Å². The lowest BCUT2D eigenvalue weighted by Gasteiger charge is -2.13. The van der Waals surface area contributed by atoms with Crippen molar-refractivity contribution in [3.63, 3.8) is 0 Å². The Hall–Kier alpha value is -4.01. The van der Waals surface area contributed by atoms with Gasteiger partial charge in [-0.3, -0.25) is 0 Å². The second-order valence-electron chi connectivity index (χ2n) is 9.38. The van der Waals surface area contributed by atoms with E-state index in [1.807, 2.05) is 18.2 Å². The van der Waals surface area contributed by atoms with E-state index in [2.05, 4.69) is 83.4 Å². The zero-order valence-corrected chi connectivity index (χ0v) is 19.6. The van der Waals surface area contributed by atoms with Crippen LogP contribution < -0.4 is 0 Å². The average Bonchev–Trinajstić information content (AvgIpc) is 3.45. The van der Waals surface area contributed by atoms with E-state index in [9.17, 15) is 0 Å². The maximum atomic E-state index is 6.62. The van der Waals surface area contributed by atoms with Crippen molar-refractivity contribution in [2.75, 3.05) is 0 Å². The van der Waals surface area contributed by atoms with E-state index in [1.165, 1.54) is 43.7 Å². The summed E-state index contributed by atoms with van der Waals surface area (Å²) in [5.74, 6) is 0. The van der Waals surface area contributed by atoms with Crippen molar-refractivity contribution in [3.8, 4) is 5.69 Å². The predicted octanol–water partition coefficient (Wildman–Crippen LogP) is 9.45. The van der Waals surface area contributed by atoms with Crippen LogP contribution in [0.4, 0.5) is 0 Å². The minimum absolute atomic E-state index is 0.715. The molecule has 0 bridgehead atoms. The van der Waals surface area contributed by atoms with Gasteiger partial charge in [0, 0.05) is 27.2 Å². The summed E-state index contributed by atoms with van der Waals surface area (Å²) >= 11 is 6.62. The molecule has 0 fully saturated rings. The minimum atomic E-state index is 0.715. The van der Waals surface area contributed by atoms with Gasteiger partial charge in [-0.1, -0.05) is 66.2 Å². The molecule has 0 atom stereocenters. The number of fused-ring (bicyclic) bond motifs is 10. The zero-order chi connectivity index (χ0) is 23.1. The molecule has 35 heavy (non-hydrogen) atoms. The number of halogens is 1. The Kier molecular flexibility index (Phi) is 3.86. The molecule has 2 heterocycles. The van der Waals surface area contributed by atoms with Crippen LogP contribution in [0.15, 0.2) is 95.4 Å². The van der Waals surface area contributed by atoms with Crippen molar-refractivity contribution >= 4 is 72.2 Å². The van der Waals surface area contributed by atoms with Gasteiger partial charge in [-0.25, -0.2) is 0 Å². The maximum absolute atomic E-state index is 6.62. The SMILES string of the molecule is Clc1cccc2oc3ccc(-n4c5ccc6c(c5c5c7ccccc7ccc54)CCC=C6)cc3c12. The highest BCUT2D eigenvalue weighted by molar-refractivity contribution is 6.37. The zero-order valence-electron chi connectivity index (χ0n) is 18.9. The lowest BCUT2D eigenvalue weighted by Crippen LogP contribution is -1.97. The van der Waals surface area contributed by atoms with Crippen molar-refractivity contribution in [1.29, 1.82) is 0 Å². The molecular weight excluding hydrogens is 450 g/mol. The van der Waals surface area contributed by atoms with Crippen LogP contribution in [0, 0.1) is 0 Å². The summed E-state index contributed by atoms with van der Waals surface area (Å²) in [5, 5.41) is 8.00. The fraction of sp³-hybridized carbons (Fsp3) is 0.0625. The summed E-state index contributed by atoms with van der Waals surface area (Å²) in [4.78, 5) is 0. The van der Waals surface area contributed by atoms with Gasteiger partial charge < -0.3 is 8.98 Å². The van der Waals surface area contributed by atoms with E-state index in [-0.39, 0.29) is 0 Å². The number of benzene rings is 5. The van der Waals surface area contributed by atoms with Gasteiger partial charge in [-0.2, -0.15) is 0 Å². The van der Waals surface area contributed by atoms with Crippen LogP contribution in [0.25, 0.3) is 66.3 Å². The van der Waals surface area contributed by atoms with Crippen LogP contribution in [0.2, 0.25) is 5.02 Å². The smallest absolute Gasteiger partial charge is 0.136 e. The van der Waals surface area contributed by atoms with Crippen molar-refractivity contribution < 1.29 is 4.42 Å². The third kappa shape index (κ3) is 2.60. The first kappa shape index (κ1) is 19.3. The van der Waals surface area contributed by atoms with Gasteiger partial charge in [-0.05, 0) is 77.2 Å². The largest absolute Gasteiger partial charge is 0.456 e. The highest BCUT2D eigenvalue weighted by atomic mass is 35.5. The fourth-order valence-corrected chi connectivity index (χ4v) is 6.28. The molecular formula is C32H20ClNO. The summed E-state index contributed by atoms with van der Waals surface area (Å²) < 4.78 is 8.52. The fourth-order valence-electron chi connectivity index (χ4n) is 6.01. The van der Waals surface area contributed by atoms with E-state index < -0.39 is 0 Å². The first-order chi connectivity index (χ1) is 17.3. The molecule has 8 rings (SSSR count). The first-order valence-electron chi connectivity index (χ1n) is 12.0. The van der Waals surface area contributed by atoms with E-state index in [4.69, 9.17) is 16.0 Å². The molecule has 3 heteroatoms. The van der Waals surface area contributed by atoms with Gasteiger partial charge >= 0.3 is 0 Å². The third-order valence-corrected chi connectivity index (χ3v) is 7.83. The van der Waals surface area contributed by atoms with Crippen molar-refractivity contribution in [2.24, 2.45) is 0 Å². The molecule has 0 saturated carbocycles. The second-order valence-corrected chi connectivity index (χ2v) is 9.79. The molecule has 1 aliphatic rings. The molecule has 2 nitrogen and oxygen atoms in total. The Morgan fingerprint density at radius 2 is 1.60 bits per heavy atom. The lowest BCUT2D eigenvalue weighted by atomic mass is 9.92. The molecule has 0 radical (unpaired) electrons. The van der Waals surface area contributed by atoms with Crippen LogP contribution in [0.1, 0.15) is 17.5 Å². The van der Waals surface area contributed by atoms with Crippen LogP contribution in [-0.2, 0) is 6.42 Å². The van der Waals surface area contributed by atoms with E-state index in [0.29, 0.717) is 5.02 Å². The van der Waals surface area contributed by atoms with Gasteiger partial charge in [0.2, 0.25) is 0 Å². The molecule has 0 spiro atoms. The summed E-state index contributed by atoms with van der Waals surface area (Å²) in [6.07, 6.45) is 6.70. The standard InChI is InChI=1S/C32H20ClNO/c33-25-10-5-11-29-30(25)24-18-21(14-17-28(24)35-29)34-26-15-12-19-6-1-3-8-22(19)31(26)32-23-9-4-2-7-20(23)13-16-27(32)34/h1-3,5-8,10-18H,4,9H2. The molecule has 0 unspecified atom stereocenters. The topological polar surface area (TPSA) is 18.1 Å². The van der Waals surface area contributed by atoms with Gasteiger partial charge in [0.25, 0.3) is 0 Å². The molecule has 0 amide bonds. The predicted molar refractivity (Wildman–Crippen MR) is 148 cm³/mol. The Morgan fingerprint density at radius 1 is 0.714 bits per heavy atom. The number of aromatic nitrogens is 1. The second kappa shape index (κ2) is 7.00. The van der Waals surface area contributed by atoms with Gasteiger partial charge in [0.05, 0.1) is 16.1 Å². The minimum Gasteiger partial charge on any atom is -0.456 e. The summed E-state index contributed by atoms with van der Waals surface area (Å²) in [5.41, 5.74) is 8.02. The molecule has 1 aliphatic carbocycles. The highest BCUT2D eigenvalue weighted by Gasteiger charge is 2.20. The monoisotopic (exact) mass is 469 g/mol. The average molecular weight is 470 g/mol. The number of hydrogen-bond acceptors (Lipinski definition) is 1. The van der Waals surface area contributed by atoms with E-state index >= 15 is 0 Å². The number of allylic oxidation sites excluding steroid dienone is 1. The van der Waals surface area contributed by atoms with Gasteiger partial charge in [-0.15, -0.1) is 0 Å². The van der Waals surface area contributed by atoms with Crippen molar-refractivity contribution in [1.82, 2.24) is 4.57 Å². The number of rotatable bonds is 1. The Balaban J connectivity index is 1.56. The van der Waals surface area contributed by atoms with E-state index in [1.54, 1.807) is 0 Å². The van der Waals surface area contributed by atoms with Gasteiger partial charge in [0.1, 0.15) is 11.2 Å². The number of aryl methyl sites for hydroxylation is 1. The summed E-state index contributed by atoms with van der Waals surface area (Å²) in [6.45, 7) is 0. The quantitative estimate of drug-likeness (QED) is 0.234. The Labute approximate surface area is 206 Å². The highest BCUT2D eigenvalue weighted by Crippen LogP contribution is 2.42. The van der Waals surface area contributed by atoms with Crippen molar-refractivity contribution in [3.05, 3.63) is 107 Å². The van der Waals surface area contributed by atoms with Crippen LogP contribution in [-0.4, -0.2) is 4.57 Å². The maximum Gasteiger partial charge on any atom is 0.136 e. The summed E-state index contributed by atoms with van der Waals surface area (Å²) in [6, 6.07) is 30.1. The van der Waals surface area contributed by atoms with Crippen LogP contribution in [0.5, 0.6) is 0 Å². The normalized spacial score (nSPS) is 13.5.